The molecular weight excluding hydrogens is 288 g/mol. The fourth-order valence-electron chi connectivity index (χ4n) is 1.85. The number of amides is 1. The minimum absolute atomic E-state index is 0. The molecule has 1 aromatic carbocycles. The molecule has 0 aliphatic heterocycles. The van der Waals surface area contributed by atoms with E-state index in [0.717, 1.165) is 12.1 Å². The number of carbonyl (C=O) groups excluding carboxylic acids is 1. The van der Waals surface area contributed by atoms with Crippen LogP contribution in [-0.2, 0) is 11.2 Å². The molecule has 0 aliphatic rings. The van der Waals surface area contributed by atoms with E-state index >= 15 is 0 Å². The van der Waals surface area contributed by atoms with Gasteiger partial charge >= 0.3 is 0 Å². The van der Waals surface area contributed by atoms with E-state index in [9.17, 15) is 4.79 Å². The normalized spacial score (nSPS) is 11.5. The third-order valence-electron chi connectivity index (χ3n) is 3.22. The number of rotatable bonds is 6. The molecule has 114 valence electrons. The number of halogens is 1. The highest BCUT2D eigenvalue weighted by atomic mass is 35.5. The van der Waals surface area contributed by atoms with Crippen molar-refractivity contribution in [2.75, 3.05) is 13.1 Å². The molecule has 2 rings (SSSR count). The zero-order valence-electron chi connectivity index (χ0n) is 12.0. The van der Waals surface area contributed by atoms with Gasteiger partial charge in [0.05, 0.1) is 5.69 Å². The van der Waals surface area contributed by atoms with E-state index in [1.165, 1.54) is 5.56 Å². The Balaban J connectivity index is 0.00000220. The summed E-state index contributed by atoms with van der Waals surface area (Å²) >= 11 is 0. The van der Waals surface area contributed by atoms with Crippen molar-refractivity contribution in [3.63, 3.8) is 0 Å². The van der Waals surface area contributed by atoms with Gasteiger partial charge in [0.15, 0.2) is 0 Å². The summed E-state index contributed by atoms with van der Waals surface area (Å²) in [6, 6.07) is 10.0. The van der Waals surface area contributed by atoms with Crippen LogP contribution >= 0.6 is 12.4 Å². The fourth-order valence-corrected chi connectivity index (χ4v) is 1.85. The fraction of sp³-hybridized carbons (Fsp3) is 0.333. The average molecular weight is 309 g/mol. The molecule has 0 saturated heterocycles. The molecule has 0 spiro atoms. The highest BCUT2D eigenvalue weighted by Crippen LogP contribution is 2.08. The van der Waals surface area contributed by atoms with Crippen LogP contribution in [0.2, 0.25) is 0 Å². The van der Waals surface area contributed by atoms with E-state index in [-0.39, 0.29) is 24.2 Å². The molecular formula is C15H21ClN4O. The van der Waals surface area contributed by atoms with Crippen molar-refractivity contribution in [3.05, 3.63) is 48.3 Å². The van der Waals surface area contributed by atoms with Crippen molar-refractivity contribution >= 4 is 18.3 Å². The Labute approximate surface area is 130 Å². The highest BCUT2D eigenvalue weighted by Gasteiger charge is 2.09. The summed E-state index contributed by atoms with van der Waals surface area (Å²) in [4.78, 5) is 11.6. The first-order chi connectivity index (χ1) is 9.70. The Kier molecular flexibility index (Phi) is 6.91. The lowest BCUT2D eigenvalue weighted by atomic mass is 10.1. The second-order valence-electron chi connectivity index (χ2n) is 4.79. The smallest absolute Gasteiger partial charge is 0.224 e. The number of nitrogens with two attached hydrogens (primary N) is 1. The first-order valence-corrected chi connectivity index (χ1v) is 6.77. The predicted octanol–water partition coefficient (Wildman–Crippen LogP) is 1.55. The predicted molar refractivity (Wildman–Crippen MR) is 85.7 cm³/mol. The molecule has 2 aromatic rings. The van der Waals surface area contributed by atoms with Crippen LogP contribution in [0.15, 0.2) is 42.7 Å². The van der Waals surface area contributed by atoms with Gasteiger partial charge in [0.1, 0.15) is 0 Å². The third-order valence-corrected chi connectivity index (χ3v) is 3.22. The number of nitrogens with one attached hydrogen (secondary N) is 1. The summed E-state index contributed by atoms with van der Waals surface area (Å²) < 4.78 is 1.81. The SMILES string of the molecule is CC(CN)C(=O)NCCc1ccc(-n2cccn2)cc1.Cl. The minimum atomic E-state index is -0.128. The van der Waals surface area contributed by atoms with Gasteiger partial charge in [-0.15, -0.1) is 12.4 Å². The molecule has 1 aromatic heterocycles. The van der Waals surface area contributed by atoms with Gasteiger partial charge in [0.2, 0.25) is 5.91 Å². The van der Waals surface area contributed by atoms with Crippen LogP contribution in [0, 0.1) is 5.92 Å². The van der Waals surface area contributed by atoms with Crippen LogP contribution in [0.1, 0.15) is 12.5 Å². The van der Waals surface area contributed by atoms with E-state index in [4.69, 9.17) is 5.73 Å². The van der Waals surface area contributed by atoms with Gasteiger partial charge in [-0.05, 0) is 30.2 Å². The molecule has 0 saturated carbocycles. The summed E-state index contributed by atoms with van der Waals surface area (Å²) in [6.45, 7) is 2.84. The van der Waals surface area contributed by atoms with E-state index in [2.05, 4.69) is 22.5 Å². The zero-order valence-corrected chi connectivity index (χ0v) is 12.8. The van der Waals surface area contributed by atoms with Crippen molar-refractivity contribution in [1.29, 1.82) is 0 Å². The average Bonchev–Trinajstić information content (AvgIpc) is 3.01. The molecule has 21 heavy (non-hydrogen) atoms. The summed E-state index contributed by atoms with van der Waals surface area (Å²) in [5, 5.41) is 7.07. The number of hydrogen-bond donors (Lipinski definition) is 2. The number of aromatic nitrogens is 2. The molecule has 1 heterocycles. The molecule has 1 atom stereocenters. The number of benzene rings is 1. The van der Waals surface area contributed by atoms with Gasteiger partial charge in [-0.2, -0.15) is 5.10 Å². The van der Waals surface area contributed by atoms with Crippen molar-refractivity contribution in [2.45, 2.75) is 13.3 Å². The minimum Gasteiger partial charge on any atom is -0.355 e. The first kappa shape index (κ1) is 17.2. The molecule has 1 unspecified atom stereocenters. The molecule has 0 aliphatic carbocycles. The maximum atomic E-state index is 11.6. The Hall–Kier alpha value is -1.85. The molecule has 0 fully saturated rings. The van der Waals surface area contributed by atoms with Gasteiger partial charge in [0.25, 0.3) is 0 Å². The standard InChI is InChI=1S/C15H20N4O.ClH/c1-12(11-16)15(20)17-9-7-13-3-5-14(6-4-13)19-10-2-8-18-19;/h2-6,8,10,12H,7,9,11,16H2,1H3,(H,17,20);1H. The number of hydrogen-bond acceptors (Lipinski definition) is 3. The molecule has 3 N–H and O–H groups in total. The van der Waals surface area contributed by atoms with Crippen molar-refractivity contribution in [2.24, 2.45) is 11.7 Å². The van der Waals surface area contributed by atoms with Gasteiger partial charge < -0.3 is 11.1 Å². The van der Waals surface area contributed by atoms with Gasteiger partial charge in [-0.25, -0.2) is 4.68 Å². The van der Waals surface area contributed by atoms with Crippen molar-refractivity contribution in [1.82, 2.24) is 15.1 Å². The van der Waals surface area contributed by atoms with Gasteiger partial charge in [-0.1, -0.05) is 19.1 Å². The second kappa shape index (κ2) is 8.44. The highest BCUT2D eigenvalue weighted by molar-refractivity contribution is 5.85. The van der Waals surface area contributed by atoms with Crippen LogP contribution in [-0.4, -0.2) is 28.8 Å². The molecule has 0 radical (unpaired) electrons. The van der Waals surface area contributed by atoms with E-state index in [0.29, 0.717) is 13.1 Å². The van der Waals surface area contributed by atoms with E-state index < -0.39 is 0 Å². The maximum absolute atomic E-state index is 11.6. The third kappa shape index (κ3) is 4.88. The lowest BCUT2D eigenvalue weighted by molar-refractivity contribution is -0.124. The van der Waals surface area contributed by atoms with Crippen molar-refractivity contribution < 1.29 is 4.79 Å². The summed E-state index contributed by atoms with van der Waals surface area (Å²) in [5.41, 5.74) is 7.66. The number of carbonyl (C=O) groups is 1. The first-order valence-electron chi connectivity index (χ1n) is 6.77. The van der Waals surface area contributed by atoms with Crippen LogP contribution in [0.4, 0.5) is 0 Å². The quantitative estimate of drug-likeness (QED) is 0.850. The van der Waals surface area contributed by atoms with Crippen LogP contribution in [0.25, 0.3) is 5.69 Å². The molecule has 5 nitrogen and oxygen atoms in total. The maximum Gasteiger partial charge on any atom is 0.224 e. The van der Waals surface area contributed by atoms with E-state index in [1.807, 2.05) is 36.0 Å². The zero-order chi connectivity index (χ0) is 14.4. The number of nitrogens with zero attached hydrogens (tertiary/aromatic N) is 2. The summed E-state index contributed by atoms with van der Waals surface area (Å²) in [7, 11) is 0. The lowest BCUT2D eigenvalue weighted by Crippen LogP contribution is -2.34. The summed E-state index contributed by atoms with van der Waals surface area (Å²) in [5.74, 6) is -0.113. The molecule has 1 amide bonds. The second-order valence-corrected chi connectivity index (χ2v) is 4.79. The Morgan fingerprint density at radius 1 is 1.38 bits per heavy atom. The Bertz CT molecular complexity index is 539. The molecule has 6 heteroatoms. The van der Waals surface area contributed by atoms with Crippen LogP contribution in [0.5, 0.6) is 0 Å². The van der Waals surface area contributed by atoms with Gasteiger partial charge in [0, 0.05) is 31.4 Å². The largest absolute Gasteiger partial charge is 0.355 e. The molecule has 0 bridgehead atoms. The summed E-state index contributed by atoms with van der Waals surface area (Å²) in [6.07, 6.45) is 4.47. The van der Waals surface area contributed by atoms with E-state index in [1.54, 1.807) is 6.20 Å². The monoisotopic (exact) mass is 308 g/mol. The van der Waals surface area contributed by atoms with Crippen molar-refractivity contribution in [3.8, 4) is 5.69 Å². The Morgan fingerprint density at radius 2 is 2.10 bits per heavy atom. The topological polar surface area (TPSA) is 72.9 Å². The lowest BCUT2D eigenvalue weighted by Gasteiger charge is -2.10. The van der Waals surface area contributed by atoms with Crippen LogP contribution in [0.3, 0.4) is 0 Å². The van der Waals surface area contributed by atoms with Gasteiger partial charge in [-0.3, -0.25) is 4.79 Å². The Morgan fingerprint density at radius 3 is 2.67 bits per heavy atom. The van der Waals surface area contributed by atoms with Crippen LogP contribution < -0.4 is 11.1 Å².